The number of pyridine rings is 1. The molecule has 1 heterocycles. The van der Waals surface area contributed by atoms with Gasteiger partial charge < -0.3 is 5.11 Å². The van der Waals surface area contributed by atoms with Crippen LogP contribution >= 0.6 is 0 Å². The van der Waals surface area contributed by atoms with Gasteiger partial charge in [-0.1, -0.05) is 42.5 Å². The SMILES string of the molecule is N#CC(c1cncc(O)c1)c1cccc2ccccc12. The molecule has 0 spiro atoms. The molecule has 0 bridgehead atoms. The van der Waals surface area contributed by atoms with Crippen molar-refractivity contribution >= 4 is 10.8 Å². The summed E-state index contributed by atoms with van der Waals surface area (Å²) in [5.74, 6) is -0.372. The summed E-state index contributed by atoms with van der Waals surface area (Å²) in [4.78, 5) is 3.96. The molecule has 0 aliphatic heterocycles. The van der Waals surface area contributed by atoms with Crippen LogP contribution in [-0.2, 0) is 0 Å². The highest BCUT2D eigenvalue weighted by Gasteiger charge is 2.16. The molecule has 1 N–H and O–H groups in total. The minimum Gasteiger partial charge on any atom is -0.506 e. The average molecular weight is 260 g/mol. The fourth-order valence-electron chi connectivity index (χ4n) is 2.43. The molecule has 3 heteroatoms. The van der Waals surface area contributed by atoms with Crippen LogP contribution in [0.1, 0.15) is 17.0 Å². The van der Waals surface area contributed by atoms with Gasteiger partial charge in [-0.3, -0.25) is 4.98 Å². The Balaban J connectivity index is 2.20. The number of aromatic hydroxyl groups is 1. The van der Waals surface area contributed by atoms with Crippen molar-refractivity contribution in [1.29, 1.82) is 5.26 Å². The maximum absolute atomic E-state index is 9.55. The van der Waals surface area contributed by atoms with Crippen LogP contribution in [-0.4, -0.2) is 10.1 Å². The highest BCUT2D eigenvalue weighted by Crippen LogP contribution is 2.31. The van der Waals surface area contributed by atoms with Crippen LogP contribution < -0.4 is 0 Å². The molecule has 0 aliphatic carbocycles. The third kappa shape index (κ3) is 2.08. The van der Waals surface area contributed by atoms with Gasteiger partial charge in [0.1, 0.15) is 5.75 Å². The summed E-state index contributed by atoms with van der Waals surface area (Å²) in [6.07, 6.45) is 2.98. The molecular weight excluding hydrogens is 248 g/mol. The predicted molar refractivity (Wildman–Crippen MR) is 77.3 cm³/mol. The van der Waals surface area contributed by atoms with Crippen molar-refractivity contribution in [3.8, 4) is 11.8 Å². The number of nitrogens with zero attached hydrogens (tertiary/aromatic N) is 2. The van der Waals surface area contributed by atoms with E-state index in [0.717, 1.165) is 16.3 Å². The second-order valence-corrected chi connectivity index (χ2v) is 4.61. The van der Waals surface area contributed by atoms with Crippen LogP contribution in [0.5, 0.6) is 5.75 Å². The third-order valence-electron chi connectivity index (χ3n) is 3.34. The van der Waals surface area contributed by atoms with Gasteiger partial charge in [0.05, 0.1) is 18.2 Å². The maximum atomic E-state index is 9.55. The van der Waals surface area contributed by atoms with Gasteiger partial charge in [0, 0.05) is 6.20 Å². The summed E-state index contributed by atoms with van der Waals surface area (Å²) in [6, 6.07) is 17.8. The molecule has 3 nitrogen and oxygen atoms in total. The van der Waals surface area contributed by atoms with E-state index in [1.807, 2.05) is 42.5 Å². The van der Waals surface area contributed by atoms with E-state index in [-0.39, 0.29) is 5.75 Å². The molecule has 96 valence electrons. The minimum atomic E-state index is -0.444. The Kier molecular flexibility index (Phi) is 3.06. The molecule has 0 saturated carbocycles. The topological polar surface area (TPSA) is 56.9 Å². The van der Waals surface area contributed by atoms with Crippen molar-refractivity contribution in [1.82, 2.24) is 4.98 Å². The average Bonchev–Trinajstić information content (AvgIpc) is 2.48. The number of hydrogen-bond donors (Lipinski definition) is 1. The van der Waals surface area contributed by atoms with Crippen molar-refractivity contribution < 1.29 is 5.11 Å². The first-order valence-electron chi connectivity index (χ1n) is 6.31. The van der Waals surface area contributed by atoms with Crippen molar-refractivity contribution in [2.45, 2.75) is 5.92 Å². The Morgan fingerprint density at radius 1 is 1.05 bits per heavy atom. The lowest BCUT2D eigenvalue weighted by Crippen LogP contribution is -1.99. The summed E-state index contributed by atoms with van der Waals surface area (Å²) in [5.41, 5.74) is 1.63. The van der Waals surface area contributed by atoms with Crippen LogP contribution in [0.3, 0.4) is 0 Å². The molecule has 2 aromatic carbocycles. The van der Waals surface area contributed by atoms with Crippen LogP contribution in [0.15, 0.2) is 60.9 Å². The summed E-state index contributed by atoms with van der Waals surface area (Å²) < 4.78 is 0. The van der Waals surface area contributed by atoms with E-state index in [0.29, 0.717) is 5.56 Å². The third-order valence-corrected chi connectivity index (χ3v) is 3.34. The van der Waals surface area contributed by atoms with Crippen molar-refractivity contribution in [2.24, 2.45) is 0 Å². The zero-order valence-electron chi connectivity index (χ0n) is 10.7. The van der Waals surface area contributed by atoms with E-state index in [1.165, 1.54) is 6.20 Å². The quantitative estimate of drug-likeness (QED) is 0.766. The van der Waals surface area contributed by atoms with Crippen molar-refractivity contribution in [3.63, 3.8) is 0 Å². The Morgan fingerprint density at radius 3 is 2.65 bits per heavy atom. The zero-order valence-corrected chi connectivity index (χ0v) is 10.7. The molecule has 1 aromatic heterocycles. The number of hydrogen-bond acceptors (Lipinski definition) is 3. The van der Waals surface area contributed by atoms with E-state index < -0.39 is 5.92 Å². The zero-order chi connectivity index (χ0) is 13.9. The number of nitriles is 1. The molecule has 0 amide bonds. The van der Waals surface area contributed by atoms with Crippen LogP contribution in [0.2, 0.25) is 0 Å². The second kappa shape index (κ2) is 5.02. The fourth-order valence-corrected chi connectivity index (χ4v) is 2.43. The van der Waals surface area contributed by atoms with E-state index >= 15 is 0 Å². The largest absolute Gasteiger partial charge is 0.506 e. The van der Waals surface area contributed by atoms with E-state index in [4.69, 9.17) is 0 Å². The van der Waals surface area contributed by atoms with Gasteiger partial charge in [0.2, 0.25) is 0 Å². The summed E-state index contributed by atoms with van der Waals surface area (Å²) in [6.45, 7) is 0. The van der Waals surface area contributed by atoms with Crippen molar-refractivity contribution in [3.05, 3.63) is 72.1 Å². The summed E-state index contributed by atoms with van der Waals surface area (Å²) >= 11 is 0. The van der Waals surface area contributed by atoms with Crippen LogP contribution in [0.4, 0.5) is 0 Å². The van der Waals surface area contributed by atoms with E-state index in [2.05, 4.69) is 11.1 Å². The Bertz CT molecular complexity index is 800. The first-order valence-corrected chi connectivity index (χ1v) is 6.31. The van der Waals surface area contributed by atoms with Gasteiger partial charge in [-0.2, -0.15) is 5.26 Å². The lowest BCUT2D eigenvalue weighted by molar-refractivity contribution is 0.471. The smallest absolute Gasteiger partial charge is 0.134 e. The number of rotatable bonds is 2. The van der Waals surface area contributed by atoms with E-state index in [1.54, 1.807) is 12.3 Å². The summed E-state index contributed by atoms with van der Waals surface area (Å²) in [7, 11) is 0. The van der Waals surface area contributed by atoms with Crippen LogP contribution in [0, 0.1) is 11.3 Å². The normalized spacial score (nSPS) is 11.9. The maximum Gasteiger partial charge on any atom is 0.134 e. The van der Waals surface area contributed by atoms with Gasteiger partial charge in [0.25, 0.3) is 0 Å². The highest BCUT2D eigenvalue weighted by atomic mass is 16.3. The highest BCUT2D eigenvalue weighted by molar-refractivity contribution is 5.87. The van der Waals surface area contributed by atoms with Gasteiger partial charge >= 0.3 is 0 Å². The molecule has 3 rings (SSSR count). The molecule has 1 atom stereocenters. The Morgan fingerprint density at radius 2 is 1.85 bits per heavy atom. The van der Waals surface area contributed by atoms with Crippen molar-refractivity contribution in [2.75, 3.05) is 0 Å². The van der Waals surface area contributed by atoms with Gasteiger partial charge in [0.15, 0.2) is 0 Å². The molecule has 20 heavy (non-hydrogen) atoms. The number of aromatic nitrogens is 1. The Labute approximate surface area is 116 Å². The first-order chi connectivity index (χ1) is 9.79. The second-order valence-electron chi connectivity index (χ2n) is 4.61. The molecule has 3 aromatic rings. The van der Waals surface area contributed by atoms with Gasteiger partial charge in [-0.05, 0) is 28.0 Å². The lowest BCUT2D eigenvalue weighted by Gasteiger charge is -2.12. The molecule has 0 fully saturated rings. The number of benzene rings is 2. The van der Waals surface area contributed by atoms with E-state index in [9.17, 15) is 10.4 Å². The number of fused-ring (bicyclic) bond motifs is 1. The fraction of sp³-hybridized carbons (Fsp3) is 0.0588. The monoisotopic (exact) mass is 260 g/mol. The molecule has 1 unspecified atom stereocenters. The molecular formula is C17H12N2O. The molecule has 0 radical (unpaired) electrons. The van der Waals surface area contributed by atoms with Crippen LogP contribution in [0.25, 0.3) is 10.8 Å². The Hall–Kier alpha value is -2.86. The molecule has 0 saturated heterocycles. The van der Waals surface area contributed by atoms with Gasteiger partial charge in [-0.15, -0.1) is 0 Å². The minimum absolute atomic E-state index is 0.0722. The first kappa shape index (κ1) is 12.2. The lowest BCUT2D eigenvalue weighted by atomic mass is 9.90. The standard InChI is InChI=1S/C17H12N2O/c18-9-17(13-8-14(20)11-19-10-13)16-7-3-5-12-4-1-2-6-15(12)16/h1-8,10-11,17,20H. The summed E-state index contributed by atoms with van der Waals surface area (Å²) in [5, 5.41) is 21.2. The predicted octanol–water partition coefficient (Wildman–Crippen LogP) is 3.60. The molecule has 0 aliphatic rings. The van der Waals surface area contributed by atoms with Gasteiger partial charge in [-0.25, -0.2) is 0 Å².